The normalized spacial score (nSPS) is 12.5. The Morgan fingerprint density at radius 2 is 1.28 bits per heavy atom. The smallest absolute Gasteiger partial charge is 0.261 e. The standard InChI is InChI=1S/C16H22N4O6S3/c1-2-3-10-19-15-9-8-14(28(18,23)24)11-16(15)20-29(25,26)13-6-4-12(5-7-13)27(17,21)22/h4-9,11,19-20H,2-3,10H2,1H3,(H2,17,21,22)(H2,18,23,24). The molecule has 0 aromatic heterocycles. The van der Waals surface area contributed by atoms with E-state index in [1.54, 1.807) is 0 Å². The van der Waals surface area contributed by atoms with Crippen LogP contribution in [0.25, 0.3) is 0 Å². The molecule has 160 valence electrons. The summed E-state index contributed by atoms with van der Waals surface area (Å²) in [5.74, 6) is 0. The van der Waals surface area contributed by atoms with Crippen LogP contribution in [0.5, 0.6) is 0 Å². The minimum Gasteiger partial charge on any atom is -0.383 e. The van der Waals surface area contributed by atoms with Crippen LogP contribution in [0.15, 0.2) is 57.2 Å². The van der Waals surface area contributed by atoms with Gasteiger partial charge >= 0.3 is 0 Å². The van der Waals surface area contributed by atoms with Gasteiger partial charge in [-0.05, 0) is 48.9 Å². The van der Waals surface area contributed by atoms with Crippen LogP contribution < -0.4 is 20.3 Å². The fourth-order valence-corrected chi connectivity index (χ4v) is 4.48. The molecule has 10 nitrogen and oxygen atoms in total. The van der Waals surface area contributed by atoms with Gasteiger partial charge in [0.05, 0.1) is 26.1 Å². The largest absolute Gasteiger partial charge is 0.383 e. The molecular weight excluding hydrogens is 440 g/mol. The molecule has 0 bridgehead atoms. The fraction of sp³-hybridized carbons (Fsp3) is 0.250. The number of unbranched alkanes of at least 4 members (excludes halogenated alkanes) is 1. The number of sulfonamides is 3. The topological polar surface area (TPSA) is 179 Å². The lowest BCUT2D eigenvalue weighted by Gasteiger charge is -2.15. The van der Waals surface area contributed by atoms with Crippen molar-refractivity contribution in [3.63, 3.8) is 0 Å². The maximum atomic E-state index is 12.7. The highest BCUT2D eigenvalue weighted by Crippen LogP contribution is 2.28. The van der Waals surface area contributed by atoms with Crippen LogP contribution in [0.1, 0.15) is 19.8 Å². The van der Waals surface area contributed by atoms with Gasteiger partial charge in [0.25, 0.3) is 10.0 Å². The van der Waals surface area contributed by atoms with E-state index in [0.29, 0.717) is 12.2 Å². The average molecular weight is 463 g/mol. The van der Waals surface area contributed by atoms with Gasteiger partial charge in [-0.15, -0.1) is 0 Å². The van der Waals surface area contributed by atoms with Gasteiger partial charge < -0.3 is 5.32 Å². The lowest BCUT2D eigenvalue weighted by molar-refractivity contribution is 0.595. The molecule has 0 amide bonds. The Labute approximate surface area is 170 Å². The lowest BCUT2D eigenvalue weighted by Crippen LogP contribution is -2.17. The van der Waals surface area contributed by atoms with E-state index in [4.69, 9.17) is 10.3 Å². The van der Waals surface area contributed by atoms with E-state index in [9.17, 15) is 25.3 Å². The number of anilines is 2. The number of hydrogen-bond donors (Lipinski definition) is 4. The highest BCUT2D eigenvalue weighted by atomic mass is 32.2. The number of hydrogen-bond acceptors (Lipinski definition) is 7. The molecule has 2 aromatic rings. The molecule has 0 atom stereocenters. The first-order valence-corrected chi connectivity index (χ1v) is 13.0. The molecule has 0 fully saturated rings. The van der Waals surface area contributed by atoms with Crippen LogP contribution in [0, 0.1) is 0 Å². The minimum atomic E-state index is -4.15. The van der Waals surface area contributed by atoms with Gasteiger partial charge in [-0.3, -0.25) is 4.72 Å². The van der Waals surface area contributed by atoms with E-state index in [1.165, 1.54) is 12.1 Å². The highest BCUT2D eigenvalue weighted by molar-refractivity contribution is 7.92. The van der Waals surface area contributed by atoms with Crippen molar-refractivity contribution in [3.05, 3.63) is 42.5 Å². The molecule has 0 aliphatic carbocycles. The molecule has 0 aliphatic heterocycles. The first kappa shape index (κ1) is 23.1. The Balaban J connectivity index is 2.43. The van der Waals surface area contributed by atoms with E-state index in [2.05, 4.69) is 10.0 Å². The van der Waals surface area contributed by atoms with Crippen molar-refractivity contribution in [3.8, 4) is 0 Å². The first-order valence-electron chi connectivity index (χ1n) is 8.41. The van der Waals surface area contributed by atoms with E-state index >= 15 is 0 Å². The van der Waals surface area contributed by atoms with E-state index in [1.807, 2.05) is 6.92 Å². The van der Waals surface area contributed by atoms with Crippen molar-refractivity contribution in [2.24, 2.45) is 10.3 Å². The van der Waals surface area contributed by atoms with Crippen LogP contribution in [0.3, 0.4) is 0 Å². The Bertz CT molecular complexity index is 1190. The molecule has 0 spiro atoms. The van der Waals surface area contributed by atoms with Gasteiger partial charge in [-0.25, -0.2) is 35.5 Å². The maximum Gasteiger partial charge on any atom is 0.261 e. The van der Waals surface area contributed by atoms with Crippen LogP contribution in [0.4, 0.5) is 11.4 Å². The quantitative estimate of drug-likeness (QED) is 0.401. The van der Waals surface area contributed by atoms with Crippen molar-refractivity contribution in [2.75, 3.05) is 16.6 Å². The third kappa shape index (κ3) is 6.14. The number of benzene rings is 2. The summed E-state index contributed by atoms with van der Waals surface area (Å²) in [5, 5.41) is 13.2. The third-order valence-corrected chi connectivity index (χ3v) is 7.09. The fourth-order valence-electron chi connectivity index (χ4n) is 2.35. The van der Waals surface area contributed by atoms with Crippen molar-refractivity contribution in [1.29, 1.82) is 0 Å². The van der Waals surface area contributed by atoms with Gasteiger partial charge in [-0.1, -0.05) is 13.3 Å². The zero-order valence-electron chi connectivity index (χ0n) is 15.5. The predicted molar refractivity (Wildman–Crippen MR) is 110 cm³/mol. The second kappa shape index (κ2) is 8.67. The molecule has 0 aliphatic rings. The second-order valence-corrected chi connectivity index (χ2v) is 11.0. The first-order chi connectivity index (χ1) is 13.3. The SMILES string of the molecule is CCCCNc1ccc(S(N)(=O)=O)cc1NS(=O)(=O)c1ccc(S(N)(=O)=O)cc1. The summed E-state index contributed by atoms with van der Waals surface area (Å²) in [5.41, 5.74) is 0.360. The molecule has 0 radical (unpaired) electrons. The summed E-state index contributed by atoms with van der Waals surface area (Å²) in [7, 11) is -12.2. The lowest BCUT2D eigenvalue weighted by atomic mass is 10.2. The van der Waals surface area contributed by atoms with E-state index in [-0.39, 0.29) is 20.4 Å². The van der Waals surface area contributed by atoms with E-state index < -0.39 is 30.1 Å². The highest BCUT2D eigenvalue weighted by Gasteiger charge is 2.19. The van der Waals surface area contributed by atoms with Crippen molar-refractivity contribution < 1.29 is 25.3 Å². The van der Waals surface area contributed by atoms with Crippen LogP contribution >= 0.6 is 0 Å². The Hall–Kier alpha value is -2.19. The molecule has 0 saturated carbocycles. The van der Waals surface area contributed by atoms with Gasteiger partial charge in [0.2, 0.25) is 20.0 Å². The van der Waals surface area contributed by atoms with Gasteiger partial charge in [0.1, 0.15) is 0 Å². The van der Waals surface area contributed by atoms with Gasteiger partial charge in [0, 0.05) is 6.54 Å². The molecule has 2 rings (SSSR count). The summed E-state index contributed by atoms with van der Waals surface area (Å²) in [4.78, 5) is -0.735. The second-order valence-electron chi connectivity index (χ2n) is 6.15. The van der Waals surface area contributed by atoms with Crippen LogP contribution in [-0.4, -0.2) is 31.8 Å². The summed E-state index contributed by atoms with van der Waals surface area (Å²) in [6.45, 7) is 2.53. The Kier molecular flexibility index (Phi) is 6.90. The Morgan fingerprint density at radius 3 is 1.79 bits per heavy atom. The molecule has 13 heteroatoms. The molecule has 0 heterocycles. The van der Waals surface area contributed by atoms with Crippen molar-refractivity contribution >= 4 is 41.4 Å². The molecule has 0 unspecified atom stereocenters. The van der Waals surface area contributed by atoms with Crippen molar-refractivity contribution in [2.45, 2.75) is 34.5 Å². The van der Waals surface area contributed by atoms with Crippen LogP contribution in [-0.2, 0) is 30.1 Å². The molecule has 0 saturated heterocycles. The van der Waals surface area contributed by atoms with Crippen LogP contribution in [0.2, 0.25) is 0 Å². The van der Waals surface area contributed by atoms with Crippen molar-refractivity contribution in [1.82, 2.24) is 0 Å². The van der Waals surface area contributed by atoms with Gasteiger partial charge in [0.15, 0.2) is 0 Å². The number of primary sulfonamides is 2. The number of rotatable bonds is 9. The molecule has 6 N–H and O–H groups in total. The minimum absolute atomic E-state index is 0.0110. The summed E-state index contributed by atoms with van der Waals surface area (Å²) < 4.78 is 73.6. The third-order valence-electron chi connectivity index (χ3n) is 3.87. The summed E-state index contributed by atoms with van der Waals surface area (Å²) >= 11 is 0. The zero-order valence-corrected chi connectivity index (χ0v) is 17.9. The monoisotopic (exact) mass is 462 g/mol. The average Bonchev–Trinajstić information content (AvgIpc) is 2.61. The molecule has 2 aromatic carbocycles. The summed E-state index contributed by atoms with van der Waals surface area (Å²) in [6, 6.07) is 8.07. The van der Waals surface area contributed by atoms with E-state index in [0.717, 1.165) is 43.2 Å². The zero-order chi connectivity index (χ0) is 21.9. The Morgan fingerprint density at radius 1 is 0.759 bits per heavy atom. The number of nitrogens with one attached hydrogen (secondary N) is 2. The number of nitrogens with two attached hydrogens (primary N) is 2. The predicted octanol–water partition coefficient (Wildman–Crippen LogP) is 0.994. The molecular formula is C16H22N4O6S3. The maximum absolute atomic E-state index is 12.7. The molecule has 29 heavy (non-hydrogen) atoms. The summed E-state index contributed by atoms with van der Waals surface area (Å²) in [6.07, 6.45) is 1.72. The van der Waals surface area contributed by atoms with Gasteiger partial charge in [-0.2, -0.15) is 0 Å².